The van der Waals surface area contributed by atoms with Crippen molar-refractivity contribution in [2.75, 3.05) is 31.1 Å². The number of rotatable bonds is 2. The zero-order valence-electron chi connectivity index (χ0n) is 16.7. The molecule has 0 saturated carbocycles. The van der Waals surface area contributed by atoms with Gasteiger partial charge in [-0.25, -0.2) is 4.79 Å². The predicted molar refractivity (Wildman–Crippen MR) is 110 cm³/mol. The van der Waals surface area contributed by atoms with E-state index in [4.69, 9.17) is 0 Å². The zero-order valence-corrected chi connectivity index (χ0v) is 16.7. The Morgan fingerprint density at radius 3 is 2.66 bits per heavy atom. The van der Waals surface area contributed by atoms with Crippen LogP contribution in [0, 0.1) is 5.41 Å². The van der Waals surface area contributed by atoms with Crippen molar-refractivity contribution < 1.29 is 9.59 Å². The molecule has 2 aromatic rings. The van der Waals surface area contributed by atoms with Crippen molar-refractivity contribution in [1.29, 1.82) is 0 Å². The molecule has 8 heteroatoms. The second-order valence-corrected chi connectivity index (χ2v) is 8.74. The highest BCUT2D eigenvalue weighted by Gasteiger charge is 2.40. The van der Waals surface area contributed by atoms with E-state index in [1.54, 1.807) is 16.2 Å². The Bertz CT molecular complexity index is 1050. The monoisotopic (exact) mass is 397 g/mol. The molecule has 3 aliphatic rings. The third-order valence-corrected chi connectivity index (χ3v) is 7.05. The molecule has 1 aromatic heterocycles. The van der Waals surface area contributed by atoms with Crippen molar-refractivity contribution in [2.24, 2.45) is 12.5 Å². The first-order chi connectivity index (χ1) is 14.0. The van der Waals surface area contributed by atoms with Gasteiger partial charge in [-0.1, -0.05) is 6.07 Å². The number of aryl methyl sites for hydroxylation is 1. The van der Waals surface area contributed by atoms with Crippen LogP contribution in [0.25, 0.3) is 11.0 Å². The minimum atomic E-state index is -0.645. The summed E-state index contributed by atoms with van der Waals surface area (Å²) in [6.45, 7) is 4.13. The van der Waals surface area contributed by atoms with E-state index in [0.717, 1.165) is 42.9 Å². The summed E-state index contributed by atoms with van der Waals surface area (Å²) in [5, 5.41) is 5.83. The number of hydrogen-bond donors (Lipinski definition) is 2. The number of carbonyl (C=O) groups excluding carboxylic acids is 2. The average Bonchev–Trinajstić information content (AvgIpc) is 3.23. The Hall–Kier alpha value is -2.61. The van der Waals surface area contributed by atoms with Crippen LogP contribution < -0.4 is 21.2 Å². The maximum atomic E-state index is 13.1. The average molecular weight is 397 g/mol. The maximum Gasteiger partial charge on any atom is 0.329 e. The first-order valence-corrected chi connectivity index (χ1v) is 10.5. The highest BCUT2D eigenvalue weighted by Crippen LogP contribution is 2.42. The number of para-hydroxylation sites is 1. The molecule has 4 heterocycles. The second kappa shape index (κ2) is 6.73. The molecule has 0 aliphatic carbocycles. The van der Waals surface area contributed by atoms with Gasteiger partial charge in [0, 0.05) is 26.6 Å². The van der Waals surface area contributed by atoms with Crippen LogP contribution in [0.5, 0.6) is 0 Å². The lowest BCUT2D eigenvalue weighted by atomic mass is 9.78. The van der Waals surface area contributed by atoms with Gasteiger partial charge in [0.15, 0.2) is 0 Å². The zero-order chi connectivity index (χ0) is 20.2. The third kappa shape index (κ3) is 2.88. The van der Waals surface area contributed by atoms with E-state index in [-0.39, 0.29) is 18.0 Å². The van der Waals surface area contributed by atoms with Crippen LogP contribution in [0.1, 0.15) is 38.1 Å². The number of imide groups is 1. The number of amides is 2. The minimum absolute atomic E-state index is 0.210. The van der Waals surface area contributed by atoms with Crippen LogP contribution in [-0.2, 0) is 16.6 Å². The largest absolute Gasteiger partial charge is 0.369 e. The van der Waals surface area contributed by atoms with E-state index in [1.807, 2.05) is 12.1 Å². The Morgan fingerprint density at radius 1 is 1.10 bits per heavy atom. The fraction of sp³-hybridized carbons (Fsp3) is 0.571. The molecule has 2 N–H and O–H groups in total. The summed E-state index contributed by atoms with van der Waals surface area (Å²) < 4.78 is 3.22. The summed E-state index contributed by atoms with van der Waals surface area (Å²) in [5.41, 5.74) is 2.84. The lowest BCUT2D eigenvalue weighted by molar-refractivity contribution is -0.135. The van der Waals surface area contributed by atoms with Crippen molar-refractivity contribution in [1.82, 2.24) is 19.8 Å². The number of imidazole rings is 1. The Kier molecular flexibility index (Phi) is 4.27. The number of fused-ring (bicyclic) bond motifs is 1. The summed E-state index contributed by atoms with van der Waals surface area (Å²) in [4.78, 5) is 39.5. The number of aromatic nitrogens is 2. The molecular weight excluding hydrogens is 370 g/mol. The van der Waals surface area contributed by atoms with Crippen LogP contribution >= 0.6 is 0 Å². The highest BCUT2D eigenvalue weighted by molar-refractivity contribution is 6.00. The smallest absolute Gasteiger partial charge is 0.329 e. The van der Waals surface area contributed by atoms with Gasteiger partial charge in [-0.05, 0) is 56.3 Å². The molecule has 29 heavy (non-hydrogen) atoms. The summed E-state index contributed by atoms with van der Waals surface area (Å²) in [6.07, 6.45) is 4.16. The highest BCUT2D eigenvalue weighted by atomic mass is 16.2. The van der Waals surface area contributed by atoms with E-state index in [1.165, 1.54) is 19.3 Å². The van der Waals surface area contributed by atoms with Crippen molar-refractivity contribution in [3.05, 3.63) is 28.7 Å². The molecule has 1 aromatic carbocycles. The van der Waals surface area contributed by atoms with Crippen molar-refractivity contribution in [2.45, 2.75) is 38.1 Å². The van der Waals surface area contributed by atoms with E-state index in [2.05, 4.69) is 21.6 Å². The number of benzene rings is 1. The van der Waals surface area contributed by atoms with Crippen LogP contribution in [0.15, 0.2) is 23.0 Å². The molecule has 0 bridgehead atoms. The molecule has 1 spiro atoms. The maximum absolute atomic E-state index is 13.1. The second-order valence-electron chi connectivity index (χ2n) is 8.74. The van der Waals surface area contributed by atoms with Crippen LogP contribution in [-0.4, -0.2) is 47.1 Å². The van der Waals surface area contributed by atoms with Gasteiger partial charge in [0.2, 0.25) is 11.8 Å². The molecule has 3 aliphatic heterocycles. The van der Waals surface area contributed by atoms with Crippen LogP contribution in [0.2, 0.25) is 0 Å². The molecule has 1 atom stereocenters. The predicted octanol–water partition coefficient (Wildman–Crippen LogP) is 0.898. The SMILES string of the molecule is Cn1c(=O)n(C2CCC(=O)NC2=O)c2cccc(N3CCC4(CCNCC4)C3)c21. The van der Waals surface area contributed by atoms with Gasteiger partial charge in [0.05, 0.1) is 16.7 Å². The molecule has 2 amide bonds. The van der Waals surface area contributed by atoms with Gasteiger partial charge in [-0.3, -0.25) is 24.0 Å². The molecule has 1 unspecified atom stereocenters. The Morgan fingerprint density at radius 2 is 1.90 bits per heavy atom. The van der Waals surface area contributed by atoms with Gasteiger partial charge in [0.25, 0.3) is 0 Å². The lowest BCUT2D eigenvalue weighted by Crippen LogP contribution is -2.44. The van der Waals surface area contributed by atoms with Crippen molar-refractivity contribution in [3.8, 4) is 0 Å². The van der Waals surface area contributed by atoms with Gasteiger partial charge in [-0.2, -0.15) is 0 Å². The van der Waals surface area contributed by atoms with E-state index in [9.17, 15) is 14.4 Å². The first kappa shape index (κ1) is 18.4. The first-order valence-electron chi connectivity index (χ1n) is 10.5. The summed E-state index contributed by atoms with van der Waals surface area (Å²) in [6, 6.07) is 5.30. The minimum Gasteiger partial charge on any atom is -0.369 e. The van der Waals surface area contributed by atoms with Gasteiger partial charge < -0.3 is 10.2 Å². The molecule has 5 rings (SSSR count). The summed E-state index contributed by atoms with van der Waals surface area (Å²) in [5.74, 6) is -0.666. The lowest BCUT2D eigenvalue weighted by Gasteiger charge is -2.34. The number of nitrogens with zero attached hydrogens (tertiary/aromatic N) is 3. The fourth-order valence-corrected chi connectivity index (χ4v) is 5.41. The number of anilines is 1. The van der Waals surface area contributed by atoms with Crippen LogP contribution in [0.3, 0.4) is 0 Å². The Labute approximate surface area is 168 Å². The van der Waals surface area contributed by atoms with Gasteiger partial charge in [-0.15, -0.1) is 0 Å². The van der Waals surface area contributed by atoms with Gasteiger partial charge >= 0.3 is 5.69 Å². The number of carbonyl (C=O) groups is 2. The standard InChI is InChI=1S/C21H27N5O3/c1-24-18-14(25-12-9-21(13-25)7-10-22-11-8-21)3-2-4-15(18)26(20(24)29)16-5-6-17(27)23-19(16)28/h2-4,16,22H,5-13H2,1H3,(H,23,27,28). The molecule has 3 saturated heterocycles. The molecular formula is C21H27N5O3. The normalized spacial score (nSPS) is 24.4. The summed E-state index contributed by atoms with van der Waals surface area (Å²) >= 11 is 0. The number of hydrogen-bond acceptors (Lipinski definition) is 5. The fourth-order valence-electron chi connectivity index (χ4n) is 5.41. The Balaban J connectivity index is 1.56. The van der Waals surface area contributed by atoms with E-state index < -0.39 is 11.9 Å². The quantitative estimate of drug-likeness (QED) is 0.735. The van der Waals surface area contributed by atoms with E-state index >= 15 is 0 Å². The number of piperidine rings is 2. The molecule has 8 nitrogen and oxygen atoms in total. The van der Waals surface area contributed by atoms with E-state index in [0.29, 0.717) is 11.8 Å². The molecule has 3 fully saturated rings. The van der Waals surface area contributed by atoms with Gasteiger partial charge in [0.1, 0.15) is 6.04 Å². The van der Waals surface area contributed by atoms with Crippen molar-refractivity contribution >= 4 is 28.5 Å². The van der Waals surface area contributed by atoms with Crippen molar-refractivity contribution in [3.63, 3.8) is 0 Å². The summed E-state index contributed by atoms with van der Waals surface area (Å²) in [7, 11) is 1.77. The topological polar surface area (TPSA) is 88.4 Å². The molecule has 0 radical (unpaired) electrons. The number of nitrogens with one attached hydrogen (secondary N) is 2. The third-order valence-electron chi connectivity index (χ3n) is 7.05. The van der Waals surface area contributed by atoms with Crippen LogP contribution in [0.4, 0.5) is 5.69 Å². The molecule has 154 valence electrons.